The highest BCUT2D eigenvalue weighted by Gasteiger charge is 2.35. The van der Waals surface area contributed by atoms with Crippen LogP contribution in [0.25, 0.3) is 0 Å². The Labute approximate surface area is 159 Å². The predicted octanol–water partition coefficient (Wildman–Crippen LogP) is -0.434. The van der Waals surface area contributed by atoms with E-state index in [1.54, 1.807) is 0 Å². The maximum atomic E-state index is 13.0. The van der Waals surface area contributed by atoms with Crippen molar-refractivity contribution < 1.29 is 17.9 Å². The molecule has 1 N–H and O–H groups in total. The van der Waals surface area contributed by atoms with Gasteiger partial charge in [-0.3, -0.25) is 9.48 Å². The largest absolute Gasteiger partial charge is 0.379 e. The fourth-order valence-electron chi connectivity index (χ4n) is 3.74. The van der Waals surface area contributed by atoms with Crippen molar-refractivity contribution in [3.8, 4) is 0 Å². The SMILES string of the molecule is Cn1nc(CCC(=O)NC2CC2)c2c1CCN(S(=O)(=O)N1CCOCC1)C2. The van der Waals surface area contributed by atoms with E-state index >= 15 is 0 Å². The minimum Gasteiger partial charge on any atom is -0.379 e. The first-order valence-electron chi connectivity index (χ1n) is 9.61. The zero-order chi connectivity index (χ0) is 19.0. The van der Waals surface area contributed by atoms with Crippen molar-refractivity contribution in [2.75, 3.05) is 32.8 Å². The summed E-state index contributed by atoms with van der Waals surface area (Å²) < 4.78 is 36.1. The Bertz CT molecular complexity index is 812. The van der Waals surface area contributed by atoms with Gasteiger partial charge in [-0.25, -0.2) is 0 Å². The van der Waals surface area contributed by atoms with Crippen LogP contribution in [0.3, 0.4) is 0 Å². The first-order chi connectivity index (χ1) is 12.9. The number of morpholine rings is 1. The maximum Gasteiger partial charge on any atom is 0.282 e. The Balaban J connectivity index is 1.46. The number of carbonyl (C=O) groups excluding carboxylic acids is 1. The van der Waals surface area contributed by atoms with Gasteiger partial charge in [0.25, 0.3) is 10.2 Å². The minimum absolute atomic E-state index is 0.0468. The Morgan fingerprint density at radius 3 is 2.67 bits per heavy atom. The van der Waals surface area contributed by atoms with Gasteiger partial charge in [-0.1, -0.05) is 0 Å². The van der Waals surface area contributed by atoms with Crippen LogP contribution in [0.15, 0.2) is 0 Å². The molecular weight excluding hydrogens is 370 g/mol. The molecule has 10 heteroatoms. The van der Waals surface area contributed by atoms with E-state index in [1.807, 2.05) is 11.7 Å². The first-order valence-corrected chi connectivity index (χ1v) is 11.0. The molecular formula is C17H27N5O4S. The number of ether oxygens (including phenoxy) is 1. The number of fused-ring (bicyclic) bond motifs is 1. The molecule has 150 valence electrons. The fourth-order valence-corrected chi connectivity index (χ4v) is 5.29. The lowest BCUT2D eigenvalue weighted by Crippen LogP contribution is -2.49. The van der Waals surface area contributed by atoms with Crippen molar-refractivity contribution in [2.45, 2.75) is 44.7 Å². The summed E-state index contributed by atoms with van der Waals surface area (Å²) in [4.78, 5) is 12.0. The van der Waals surface area contributed by atoms with Crippen molar-refractivity contribution in [1.29, 1.82) is 0 Å². The topological polar surface area (TPSA) is 96.8 Å². The second kappa shape index (κ2) is 7.50. The van der Waals surface area contributed by atoms with E-state index in [0.29, 0.717) is 64.7 Å². The molecule has 0 unspecified atom stereocenters. The number of nitrogens with zero attached hydrogens (tertiary/aromatic N) is 4. The van der Waals surface area contributed by atoms with Crippen LogP contribution in [-0.4, -0.2) is 71.6 Å². The monoisotopic (exact) mass is 397 g/mol. The molecule has 2 aliphatic heterocycles. The van der Waals surface area contributed by atoms with Gasteiger partial charge in [0.1, 0.15) is 0 Å². The third kappa shape index (κ3) is 4.03. The zero-order valence-corrected chi connectivity index (χ0v) is 16.5. The summed E-state index contributed by atoms with van der Waals surface area (Å²) in [6, 6.07) is 0.351. The summed E-state index contributed by atoms with van der Waals surface area (Å²) in [6.07, 6.45) is 3.69. The number of nitrogens with one attached hydrogen (secondary N) is 1. The van der Waals surface area contributed by atoms with Crippen LogP contribution < -0.4 is 5.32 Å². The number of aromatic nitrogens is 2. The molecule has 0 radical (unpaired) electrons. The lowest BCUT2D eigenvalue weighted by atomic mass is 10.0. The second-order valence-corrected chi connectivity index (χ2v) is 9.37. The summed E-state index contributed by atoms with van der Waals surface area (Å²) in [5.74, 6) is 0.0468. The molecule has 1 aromatic heterocycles. The predicted molar refractivity (Wildman–Crippen MR) is 98.1 cm³/mol. The van der Waals surface area contributed by atoms with E-state index in [9.17, 15) is 13.2 Å². The van der Waals surface area contributed by atoms with Crippen LogP contribution in [0.5, 0.6) is 0 Å². The first kappa shape index (κ1) is 18.9. The van der Waals surface area contributed by atoms with Crippen molar-refractivity contribution in [2.24, 2.45) is 7.05 Å². The summed E-state index contributed by atoms with van der Waals surface area (Å²) >= 11 is 0. The van der Waals surface area contributed by atoms with Crippen LogP contribution in [0, 0.1) is 0 Å². The number of hydrogen-bond acceptors (Lipinski definition) is 5. The molecule has 1 aliphatic carbocycles. The Morgan fingerprint density at radius 1 is 1.22 bits per heavy atom. The molecule has 3 aliphatic rings. The van der Waals surface area contributed by atoms with Gasteiger partial charge in [0, 0.05) is 69.8 Å². The summed E-state index contributed by atoms with van der Waals surface area (Å²) in [5, 5.41) is 7.56. The van der Waals surface area contributed by atoms with Gasteiger partial charge in [-0.2, -0.15) is 22.1 Å². The van der Waals surface area contributed by atoms with Crippen molar-refractivity contribution >= 4 is 16.1 Å². The lowest BCUT2D eigenvalue weighted by Gasteiger charge is -2.34. The number of aryl methyl sites for hydroxylation is 2. The molecule has 9 nitrogen and oxygen atoms in total. The number of amides is 1. The van der Waals surface area contributed by atoms with Crippen LogP contribution in [0.1, 0.15) is 36.2 Å². The van der Waals surface area contributed by atoms with Crippen LogP contribution >= 0.6 is 0 Å². The van der Waals surface area contributed by atoms with Crippen molar-refractivity contribution in [1.82, 2.24) is 23.7 Å². The standard InChI is InChI=1S/C17H27N5O4S/c1-20-16-6-7-22(27(24,25)21-8-10-26-11-9-21)12-14(16)15(19-20)4-5-17(23)18-13-2-3-13/h13H,2-12H2,1H3,(H,18,23). The normalized spacial score (nSPS) is 21.8. The van der Waals surface area contributed by atoms with E-state index in [4.69, 9.17) is 4.74 Å². The molecule has 1 amide bonds. The molecule has 0 spiro atoms. The third-order valence-corrected chi connectivity index (χ3v) is 7.43. The van der Waals surface area contributed by atoms with Crippen molar-refractivity contribution in [3.63, 3.8) is 0 Å². The second-order valence-electron chi connectivity index (χ2n) is 7.44. The average molecular weight is 398 g/mol. The smallest absolute Gasteiger partial charge is 0.282 e. The third-order valence-electron chi connectivity index (χ3n) is 5.44. The molecule has 1 saturated carbocycles. The van der Waals surface area contributed by atoms with Crippen LogP contribution in [-0.2, 0) is 46.2 Å². The molecule has 27 heavy (non-hydrogen) atoms. The summed E-state index contributed by atoms with van der Waals surface area (Å²) in [6.45, 7) is 2.44. The molecule has 3 heterocycles. The number of rotatable bonds is 6. The van der Waals surface area contributed by atoms with Crippen LogP contribution in [0.4, 0.5) is 0 Å². The van der Waals surface area contributed by atoms with Crippen molar-refractivity contribution in [3.05, 3.63) is 17.0 Å². The average Bonchev–Trinajstić information content (AvgIpc) is 3.43. The van der Waals surface area contributed by atoms with Gasteiger partial charge >= 0.3 is 0 Å². The van der Waals surface area contributed by atoms with E-state index in [0.717, 1.165) is 29.8 Å². The Morgan fingerprint density at radius 2 is 1.96 bits per heavy atom. The van der Waals surface area contributed by atoms with Gasteiger partial charge in [-0.05, 0) is 12.8 Å². The van der Waals surface area contributed by atoms with E-state index in [-0.39, 0.29) is 5.91 Å². The highest BCUT2D eigenvalue weighted by Crippen LogP contribution is 2.26. The zero-order valence-electron chi connectivity index (χ0n) is 15.7. The lowest BCUT2D eigenvalue weighted by molar-refractivity contribution is -0.121. The van der Waals surface area contributed by atoms with Gasteiger partial charge in [0.2, 0.25) is 5.91 Å². The molecule has 2 fully saturated rings. The van der Waals surface area contributed by atoms with Gasteiger partial charge in [0.15, 0.2) is 0 Å². The van der Waals surface area contributed by atoms with E-state index in [2.05, 4.69) is 10.4 Å². The maximum absolute atomic E-state index is 13.0. The Hall–Kier alpha value is -1.49. The summed E-state index contributed by atoms with van der Waals surface area (Å²) in [7, 11) is -1.62. The molecule has 4 rings (SSSR count). The van der Waals surface area contributed by atoms with E-state index < -0.39 is 10.2 Å². The number of carbonyl (C=O) groups is 1. The highest BCUT2D eigenvalue weighted by atomic mass is 32.2. The number of hydrogen-bond donors (Lipinski definition) is 1. The Kier molecular flexibility index (Phi) is 5.23. The molecule has 0 bridgehead atoms. The molecule has 0 aromatic carbocycles. The fraction of sp³-hybridized carbons (Fsp3) is 0.765. The van der Waals surface area contributed by atoms with Crippen LogP contribution in [0.2, 0.25) is 0 Å². The highest BCUT2D eigenvalue weighted by molar-refractivity contribution is 7.86. The summed E-state index contributed by atoms with van der Waals surface area (Å²) in [5.41, 5.74) is 2.86. The quantitative estimate of drug-likeness (QED) is 0.702. The molecule has 1 saturated heterocycles. The molecule has 0 atom stereocenters. The molecule has 1 aromatic rings. The van der Waals surface area contributed by atoms with Gasteiger partial charge in [-0.15, -0.1) is 0 Å². The van der Waals surface area contributed by atoms with Gasteiger partial charge < -0.3 is 10.1 Å². The van der Waals surface area contributed by atoms with E-state index in [1.165, 1.54) is 8.61 Å². The van der Waals surface area contributed by atoms with Gasteiger partial charge in [0.05, 0.1) is 18.9 Å². The minimum atomic E-state index is -3.50.